The second-order valence-corrected chi connectivity index (χ2v) is 6.76. The molecule has 0 unspecified atom stereocenters. The third-order valence-electron chi connectivity index (χ3n) is 4.27. The van der Waals surface area contributed by atoms with E-state index in [2.05, 4.69) is 72.2 Å². The van der Waals surface area contributed by atoms with E-state index in [0.29, 0.717) is 12.0 Å². The number of benzene rings is 1. The summed E-state index contributed by atoms with van der Waals surface area (Å²) >= 11 is 0. The van der Waals surface area contributed by atoms with Crippen LogP contribution in [-0.4, -0.2) is 9.78 Å². The van der Waals surface area contributed by atoms with E-state index in [4.69, 9.17) is 5.10 Å². The van der Waals surface area contributed by atoms with Crippen LogP contribution in [0.25, 0.3) is 11.1 Å². The van der Waals surface area contributed by atoms with E-state index < -0.39 is 0 Å². The maximum atomic E-state index is 4.72. The molecule has 0 amide bonds. The average Bonchev–Trinajstić information content (AvgIpc) is 2.63. The molecule has 0 saturated heterocycles. The van der Waals surface area contributed by atoms with Crippen molar-refractivity contribution in [2.24, 2.45) is 0 Å². The minimum atomic E-state index is 0.398. The molecule has 0 aliphatic heterocycles. The lowest BCUT2D eigenvalue weighted by atomic mass is 9.89. The Kier molecular flexibility index (Phi) is 4.27. The molecule has 2 rings (SSSR count). The van der Waals surface area contributed by atoms with Crippen LogP contribution < -0.4 is 0 Å². The highest BCUT2D eigenvalue weighted by molar-refractivity contribution is 5.71. The Morgan fingerprint density at radius 1 is 0.905 bits per heavy atom. The van der Waals surface area contributed by atoms with Gasteiger partial charge in [-0.3, -0.25) is 4.68 Å². The maximum absolute atomic E-state index is 4.72. The van der Waals surface area contributed by atoms with Crippen LogP contribution in [0.4, 0.5) is 0 Å². The Morgan fingerprint density at radius 3 is 1.81 bits per heavy atom. The predicted molar refractivity (Wildman–Crippen MR) is 91.1 cm³/mol. The van der Waals surface area contributed by atoms with Crippen molar-refractivity contribution >= 4 is 0 Å². The van der Waals surface area contributed by atoms with Crippen LogP contribution >= 0.6 is 0 Å². The van der Waals surface area contributed by atoms with Gasteiger partial charge >= 0.3 is 0 Å². The quantitative estimate of drug-likeness (QED) is 0.729. The molecule has 0 bridgehead atoms. The van der Waals surface area contributed by atoms with Crippen molar-refractivity contribution in [3.05, 3.63) is 40.2 Å². The summed E-state index contributed by atoms with van der Waals surface area (Å²) in [5.41, 5.74) is 9.23. The molecule has 114 valence electrons. The van der Waals surface area contributed by atoms with Crippen LogP contribution in [0.2, 0.25) is 0 Å². The standard InChI is InChI=1S/C19H28N2/c1-11(2)18-13(5)9-17(10-14(18)6)19-15(7)20-21(12(3)4)16(19)8/h9-12H,1-8H3. The molecular formula is C19H28N2. The fraction of sp³-hybridized carbons (Fsp3) is 0.526. The van der Waals surface area contributed by atoms with Gasteiger partial charge in [-0.15, -0.1) is 0 Å². The first kappa shape index (κ1) is 15.8. The third-order valence-corrected chi connectivity index (χ3v) is 4.27. The zero-order valence-corrected chi connectivity index (χ0v) is 14.7. The maximum Gasteiger partial charge on any atom is 0.0675 e. The summed E-state index contributed by atoms with van der Waals surface area (Å²) in [4.78, 5) is 0. The van der Waals surface area contributed by atoms with Gasteiger partial charge in [-0.25, -0.2) is 0 Å². The van der Waals surface area contributed by atoms with Crippen LogP contribution in [0.15, 0.2) is 12.1 Å². The van der Waals surface area contributed by atoms with Gasteiger partial charge in [0.15, 0.2) is 0 Å². The molecule has 0 saturated carbocycles. The van der Waals surface area contributed by atoms with Crippen molar-refractivity contribution in [2.45, 2.75) is 67.3 Å². The summed E-state index contributed by atoms with van der Waals surface area (Å²) < 4.78 is 2.13. The summed E-state index contributed by atoms with van der Waals surface area (Å²) in [7, 11) is 0. The average molecular weight is 284 g/mol. The van der Waals surface area contributed by atoms with Gasteiger partial charge in [0.2, 0.25) is 0 Å². The van der Waals surface area contributed by atoms with Gasteiger partial charge in [0.1, 0.15) is 0 Å². The van der Waals surface area contributed by atoms with E-state index in [1.54, 1.807) is 0 Å². The number of hydrogen-bond donors (Lipinski definition) is 0. The van der Waals surface area contributed by atoms with Gasteiger partial charge in [-0.1, -0.05) is 26.0 Å². The molecule has 1 aromatic heterocycles. The highest BCUT2D eigenvalue weighted by Crippen LogP contribution is 2.33. The Balaban J connectivity index is 2.64. The second-order valence-electron chi connectivity index (χ2n) is 6.76. The smallest absolute Gasteiger partial charge is 0.0675 e. The molecule has 0 radical (unpaired) electrons. The molecule has 2 aromatic rings. The van der Waals surface area contributed by atoms with E-state index in [1.807, 2.05) is 0 Å². The first-order chi connectivity index (χ1) is 9.73. The normalized spacial score (nSPS) is 11.7. The molecule has 0 N–H and O–H groups in total. The zero-order valence-electron chi connectivity index (χ0n) is 14.7. The lowest BCUT2D eigenvalue weighted by Crippen LogP contribution is -2.04. The van der Waals surface area contributed by atoms with Gasteiger partial charge in [-0.2, -0.15) is 5.10 Å². The summed E-state index contributed by atoms with van der Waals surface area (Å²) in [5, 5.41) is 4.72. The van der Waals surface area contributed by atoms with Crippen molar-refractivity contribution in [3.8, 4) is 11.1 Å². The molecule has 2 nitrogen and oxygen atoms in total. The first-order valence-corrected chi connectivity index (χ1v) is 7.91. The van der Waals surface area contributed by atoms with Crippen LogP contribution in [-0.2, 0) is 0 Å². The van der Waals surface area contributed by atoms with E-state index in [-0.39, 0.29) is 0 Å². The van der Waals surface area contributed by atoms with Crippen LogP contribution in [0, 0.1) is 27.7 Å². The van der Waals surface area contributed by atoms with Gasteiger partial charge in [0.05, 0.1) is 5.69 Å². The van der Waals surface area contributed by atoms with Crippen LogP contribution in [0.5, 0.6) is 0 Å². The summed E-state index contributed by atoms with van der Waals surface area (Å²) in [6.45, 7) is 17.6. The molecule has 1 heterocycles. The fourth-order valence-corrected chi connectivity index (χ4v) is 3.61. The van der Waals surface area contributed by atoms with Gasteiger partial charge in [-0.05, 0) is 69.7 Å². The van der Waals surface area contributed by atoms with Crippen molar-refractivity contribution in [2.75, 3.05) is 0 Å². The number of aryl methyl sites for hydroxylation is 3. The van der Waals surface area contributed by atoms with Crippen molar-refractivity contribution < 1.29 is 0 Å². The molecule has 0 spiro atoms. The lowest BCUT2D eigenvalue weighted by Gasteiger charge is -2.16. The molecule has 0 atom stereocenters. The minimum absolute atomic E-state index is 0.398. The lowest BCUT2D eigenvalue weighted by molar-refractivity contribution is 0.516. The van der Waals surface area contributed by atoms with E-state index in [0.717, 1.165) is 5.69 Å². The number of rotatable bonds is 3. The zero-order chi connectivity index (χ0) is 15.9. The molecule has 0 fully saturated rings. The van der Waals surface area contributed by atoms with E-state index in [9.17, 15) is 0 Å². The Labute approximate surface area is 129 Å². The van der Waals surface area contributed by atoms with E-state index in [1.165, 1.54) is 33.5 Å². The Bertz CT molecular complexity index is 637. The van der Waals surface area contributed by atoms with Crippen molar-refractivity contribution in [3.63, 3.8) is 0 Å². The number of nitrogens with zero attached hydrogens (tertiary/aromatic N) is 2. The SMILES string of the molecule is Cc1cc(-c2c(C)nn(C(C)C)c2C)cc(C)c1C(C)C. The highest BCUT2D eigenvalue weighted by atomic mass is 15.3. The van der Waals surface area contributed by atoms with E-state index >= 15 is 0 Å². The van der Waals surface area contributed by atoms with Crippen molar-refractivity contribution in [1.82, 2.24) is 9.78 Å². The minimum Gasteiger partial charge on any atom is -0.266 e. The molecule has 0 aliphatic rings. The predicted octanol–water partition coefficient (Wildman–Crippen LogP) is 5.49. The second kappa shape index (κ2) is 5.67. The number of aromatic nitrogens is 2. The van der Waals surface area contributed by atoms with Crippen molar-refractivity contribution in [1.29, 1.82) is 0 Å². The summed E-state index contributed by atoms with van der Waals surface area (Å²) in [6, 6.07) is 5.04. The first-order valence-electron chi connectivity index (χ1n) is 7.91. The molecule has 1 aromatic carbocycles. The molecule has 0 aliphatic carbocycles. The number of hydrogen-bond acceptors (Lipinski definition) is 1. The Hall–Kier alpha value is -1.57. The molecule has 2 heteroatoms. The Morgan fingerprint density at radius 2 is 1.43 bits per heavy atom. The third kappa shape index (κ3) is 2.76. The molecule has 21 heavy (non-hydrogen) atoms. The summed E-state index contributed by atoms with van der Waals surface area (Å²) in [6.07, 6.45) is 0. The van der Waals surface area contributed by atoms with Gasteiger partial charge < -0.3 is 0 Å². The molecular weight excluding hydrogens is 256 g/mol. The monoisotopic (exact) mass is 284 g/mol. The van der Waals surface area contributed by atoms with Crippen LogP contribution in [0.1, 0.15) is 67.7 Å². The van der Waals surface area contributed by atoms with Gasteiger partial charge in [0, 0.05) is 17.3 Å². The van der Waals surface area contributed by atoms with Gasteiger partial charge in [0.25, 0.3) is 0 Å². The highest BCUT2D eigenvalue weighted by Gasteiger charge is 2.17. The van der Waals surface area contributed by atoms with Crippen LogP contribution in [0.3, 0.4) is 0 Å². The summed E-state index contributed by atoms with van der Waals surface area (Å²) in [5.74, 6) is 0.569. The largest absolute Gasteiger partial charge is 0.266 e. The topological polar surface area (TPSA) is 17.8 Å². The fourth-order valence-electron chi connectivity index (χ4n) is 3.61.